The van der Waals surface area contributed by atoms with Crippen molar-refractivity contribution in [2.45, 2.75) is 32.4 Å². The van der Waals surface area contributed by atoms with Crippen LogP contribution in [0.5, 0.6) is 0 Å². The number of anilines is 1. The first kappa shape index (κ1) is 17.1. The molecule has 2 nitrogen and oxygen atoms in total. The van der Waals surface area contributed by atoms with E-state index >= 15 is 0 Å². The number of nitrogens with one attached hydrogen (secondary N) is 1. The molecule has 0 saturated carbocycles. The van der Waals surface area contributed by atoms with Crippen LogP contribution in [0.3, 0.4) is 0 Å². The predicted octanol–water partition coefficient (Wildman–Crippen LogP) is 5.26. The monoisotopic (exact) mass is 321 g/mol. The summed E-state index contributed by atoms with van der Waals surface area (Å²) < 4.78 is 38.0. The normalized spacial score (nSPS) is 12.1. The summed E-state index contributed by atoms with van der Waals surface area (Å²) in [4.78, 5) is 12.1. The van der Waals surface area contributed by atoms with Crippen LogP contribution in [-0.4, -0.2) is 5.91 Å². The first-order valence-corrected chi connectivity index (χ1v) is 7.16. The average Bonchev–Trinajstić information content (AvgIpc) is 2.46. The number of amides is 1. The maximum atomic E-state index is 12.7. The molecule has 0 spiro atoms. The molecular formula is C18H18F3NO. The van der Waals surface area contributed by atoms with Gasteiger partial charge < -0.3 is 5.32 Å². The molecule has 0 saturated heterocycles. The fraction of sp³-hybridized carbons (Fsp3) is 0.278. The highest BCUT2D eigenvalue weighted by Gasteiger charge is 2.30. The summed E-state index contributed by atoms with van der Waals surface area (Å²) in [6.45, 7) is 6.18. The third-order valence-electron chi connectivity index (χ3n) is 3.46. The Morgan fingerprint density at radius 2 is 1.52 bits per heavy atom. The van der Waals surface area contributed by atoms with Gasteiger partial charge in [-0.2, -0.15) is 13.2 Å². The van der Waals surface area contributed by atoms with Crippen LogP contribution < -0.4 is 5.32 Å². The summed E-state index contributed by atoms with van der Waals surface area (Å²) in [6, 6.07) is 11.6. The van der Waals surface area contributed by atoms with Gasteiger partial charge in [-0.05, 0) is 41.3 Å². The van der Waals surface area contributed by atoms with E-state index in [1.54, 1.807) is 12.1 Å². The van der Waals surface area contributed by atoms with Gasteiger partial charge in [0.05, 0.1) is 5.56 Å². The molecule has 0 bridgehead atoms. The average molecular weight is 321 g/mol. The van der Waals surface area contributed by atoms with Gasteiger partial charge in [-0.1, -0.05) is 39.0 Å². The van der Waals surface area contributed by atoms with Crippen LogP contribution in [0.15, 0.2) is 48.5 Å². The summed E-state index contributed by atoms with van der Waals surface area (Å²) in [5, 5.41) is 2.49. The highest BCUT2D eigenvalue weighted by Crippen LogP contribution is 2.30. The number of benzene rings is 2. The number of hydrogen-bond acceptors (Lipinski definition) is 1. The first-order chi connectivity index (χ1) is 10.6. The van der Waals surface area contributed by atoms with E-state index in [4.69, 9.17) is 0 Å². The molecule has 5 heteroatoms. The fourth-order valence-corrected chi connectivity index (χ4v) is 2.10. The van der Waals surface area contributed by atoms with Crippen molar-refractivity contribution in [2.24, 2.45) is 0 Å². The van der Waals surface area contributed by atoms with E-state index in [1.807, 2.05) is 12.1 Å². The van der Waals surface area contributed by atoms with E-state index in [0.717, 1.165) is 17.7 Å². The van der Waals surface area contributed by atoms with Crippen LogP contribution in [0.4, 0.5) is 18.9 Å². The molecule has 0 unspecified atom stereocenters. The van der Waals surface area contributed by atoms with E-state index in [0.29, 0.717) is 5.56 Å². The number of alkyl halides is 3. The zero-order chi connectivity index (χ0) is 17.3. The van der Waals surface area contributed by atoms with Crippen LogP contribution in [0.2, 0.25) is 0 Å². The molecule has 0 heterocycles. The first-order valence-electron chi connectivity index (χ1n) is 7.16. The van der Waals surface area contributed by atoms with Gasteiger partial charge in [0.25, 0.3) is 5.91 Å². The molecule has 0 fully saturated rings. The van der Waals surface area contributed by atoms with Crippen molar-refractivity contribution in [1.29, 1.82) is 0 Å². The lowest BCUT2D eigenvalue weighted by molar-refractivity contribution is -0.137. The van der Waals surface area contributed by atoms with Gasteiger partial charge in [0.15, 0.2) is 0 Å². The molecular weight excluding hydrogens is 303 g/mol. The summed E-state index contributed by atoms with van der Waals surface area (Å²) in [5.74, 6) is -0.440. The smallest absolute Gasteiger partial charge is 0.322 e. The third kappa shape index (κ3) is 4.34. The minimum Gasteiger partial charge on any atom is -0.322 e. The van der Waals surface area contributed by atoms with E-state index < -0.39 is 17.6 Å². The largest absolute Gasteiger partial charge is 0.416 e. The Morgan fingerprint density at radius 1 is 0.913 bits per heavy atom. The molecule has 0 aliphatic carbocycles. The summed E-state index contributed by atoms with van der Waals surface area (Å²) >= 11 is 0. The van der Waals surface area contributed by atoms with Gasteiger partial charge in [0.2, 0.25) is 0 Å². The zero-order valence-electron chi connectivity index (χ0n) is 13.2. The molecule has 23 heavy (non-hydrogen) atoms. The predicted molar refractivity (Wildman–Crippen MR) is 84.5 cm³/mol. The second-order valence-electron chi connectivity index (χ2n) is 6.36. The van der Waals surface area contributed by atoms with Gasteiger partial charge in [-0.3, -0.25) is 4.79 Å². The summed E-state index contributed by atoms with van der Waals surface area (Å²) in [6.07, 6.45) is -4.44. The van der Waals surface area contributed by atoms with Crippen molar-refractivity contribution in [2.75, 3.05) is 5.32 Å². The maximum absolute atomic E-state index is 12.7. The number of carbonyl (C=O) groups excluding carboxylic acids is 1. The van der Waals surface area contributed by atoms with Crippen LogP contribution in [0.1, 0.15) is 42.3 Å². The second-order valence-corrected chi connectivity index (χ2v) is 6.36. The zero-order valence-corrected chi connectivity index (χ0v) is 13.2. The van der Waals surface area contributed by atoms with E-state index in [9.17, 15) is 18.0 Å². The van der Waals surface area contributed by atoms with Crippen LogP contribution in [0, 0.1) is 0 Å². The molecule has 2 aromatic carbocycles. The van der Waals surface area contributed by atoms with Crippen molar-refractivity contribution in [3.8, 4) is 0 Å². The van der Waals surface area contributed by atoms with Crippen LogP contribution in [0.25, 0.3) is 0 Å². The molecule has 0 atom stereocenters. The van der Waals surface area contributed by atoms with E-state index in [1.165, 1.54) is 12.1 Å². The Morgan fingerprint density at radius 3 is 2.04 bits per heavy atom. The van der Waals surface area contributed by atoms with Crippen molar-refractivity contribution in [3.05, 3.63) is 65.2 Å². The Bertz CT molecular complexity index is 697. The lowest BCUT2D eigenvalue weighted by Crippen LogP contribution is -2.15. The Labute approximate surface area is 133 Å². The topological polar surface area (TPSA) is 29.1 Å². The van der Waals surface area contributed by atoms with Gasteiger partial charge >= 0.3 is 6.18 Å². The third-order valence-corrected chi connectivity index (χ3v) is 3.46. The molecule has 122 valence electrons. The van der Waals surface area contributed by atoms with Crippen molar-refractivity contribution >= 4 is 11.6 Å². The minimum atomic E-state index is -4.44. The fourth-order valence-electron chi connectivity index (χ4n) is 2.10. The molecule has 1 N–H and O–H groups in total. The lowest BCUT2D eigenvalue weighted by atomic mass is 9.87. The van der Waals surface area contributed by atoms with E-state index in [-0.39, 0.29) is 11.1 Å². The summed E-state index contributed by atoms with van der Waals surface area (Å²) in [7, 11) is 0. The molecule has 0 aliphatic rings. The molecule has 0 radical (unpaired) electrons. The van der Waals surface area contributed by atoms with Crippen LogP contribution in [-0.2, 0) is 11.6 Å². The Balaban J connectivity index is 2.16. The number of rotatable bonds is 2. The highest BCUT2D eigenvalue weighted by atomic mass is 19.4. The Hall–Kier alpha value is -2.30. The standard InChI is InChI=1S/C18H18F3NO/c1-17(2,3)13-9-7-12(8-10-13)16(23)22-15-6-4-5-14(11-15)18(19,20)21/h4-11H,1-3H3,(H,22,23). The van der Waals surface area contributed by atoms with Crippen LogP contribution >= 0.6 is 0 Å². The highest BCUT2D eigenvalue weighted by molar-refractivity contribution is 6.04. The lowest BCUT2D eigenvalue weighted by Gasteiger charge is -2.19. The van der Waals surface area contributed by atoms with Gasteiger partial charge in [0, 0.05) is 11.3 Å². The molecule has 2 aromatic rings. The SMILES string of the molecule is CC(C)(C)c1ccc(C(=O)Nc2cccc(C(F)(F)F)c2)cc1. The molecule has 2 rings (SSSR count). The number of carbonyl (C=O) groups is 1. The van der Waals surface area contributed by atoms with E-state index in [2.05, 4.69) is 26.1 Å². The number of hydrogen-bond donors (Lipinski definition) is 1. The van der Waals surface area contributed by atoms with Gasteiger partial charge in [-0.25, -0.2) is 0 Å². The Kier molecular flexibility index (Phi) is 4.50. The van der Waals surface area contributed by atoms with Crippen molar-refractivity contribution < 1.29 is 18.0 Å². The van der Waals surface area contributed by atoms with Crippen molar-refractivity contribution in [3.63, 3.8) is 0 Å². The van der Waals surface area contributed by atoms with Gasteiger partial charge in [-0.15, -0.1) is 0 Å². The quantitative estimate of drug-likeness (QED) is 0.803. The second kappa shape index (κ2) is 6.07. The number of halogens is 3. The maximum Gasteiger partial charge on any atom is 0.416 e. The molecule has 1 amide bonds. The molecule has 0 aromatic heterocycles. The van der Waals surface area contributed by atoms with Crippen molar-refractivity contribution in [1.82, 2.24) is 0 Å². The minimum absolute atomic E-state index is 0.0317. The molecule has 0 aliphatic heterocycles. The summed E-state index contributed by atoms with van der Waals surface area (Å²) in [5.41, 5.74) is 0.766. The van der Waals surface area contributed by atoms with Gasteiger partial charge in [0.1, 0.15) is 0 Å².